The largest absolute Gasteiger partial charge is 0.416 e. The van der Waals surface area contributed by atoms with E-state index in [0.717, 1.165) is 31.5 Å². The van der Waals surface area contributed by atoms with Crippen LogP contribution in [0.1, 0.15) is 18.4 Å². The summed E-state index contributed by atoms with van der Waals surface area (Å²) in [4.78, 5) is 14.0. The third-order valence-corrected chi connectivity index (χ3v) is 3.24. The molecule has 0 aliphatic carbocycles. The second kappa shape index (κ2) is 7.12. The second-order valence-corrected chi connectivity index (χ2v) is 4.92. The lowest BCUT2D eigenvalue weighted by atomic mass is 10.1. The summed E-state index contributed by atoms with van der Waals surface area (Å²) < 4.78 is 39.7. The Morgan fingerprint density at radius 2 is 2.09 bits per heavy atom. The third kappa shape index (κ3) is 4.70. The number of imidazole rings is 1. The molecular weight excluding hydrogens is 313 g/mol. The molecule has 0 radical (unpaired) electrons. The minimum absolute atomic E-state index is 0.0885. The smallest absolute Gasteiger partial charge is 0.379 e. The normalized spacial score (nSPS) is 11.4. The summed E-state index contributed by atoms with van der Waals surface area (Å²) in [5.74, 6) is 0. The van der Waals surface area contributed by atoms with Gasteiger partial charge < -0.3 is 9.88 Å². The first-order chi connectivity index (χ1) is 10.9. The molecule has 6 nitrogen and oxygen atoms in total. The van der Waals surface area contributed by atoms with Gasteiger partial charge in [-0.1, -0.05) is 0 Å². The first-order valence-corrected chi connectivity index (χ1v) is 6.93. The second-order valence-electron chi connectivity index (χ2n) is 4.92. The molecule has 23 heavy (non-hydrogen) atoms. The van der Waals surface area contributed by atoms with Crippen LogP contribution >= 0.6 is 0 Å². The van der Waals surface area contributed by atoms with Gasteiger partial charge in [0.05, 0.1) is 16.8 Å². The van der Waals surface area contributed by atoms with Crippen LogP contribution in [0.3, 0.4) is 0 Å². The first-order valence-electron chi connectivity index (χ1n) is 6.93. The first kappa shape index (κ1) is 16.8. The SMILES string of the molecule is O=[N+]([O-])c1cc(C(F)(F)F)ccc1NCCCCn1ccnc1. The number of nitro groups is 1. The predicted octanol–water partition coefficient (Wildman–Crippen LogP) is 3.70. The lowest BCUT2D eigenvalue weighted by Crippen LogP contribution is -2.09. The van der Waals surface area contributed by atoms with Crippen molar-refractivity contribution in [2.45, 2.75) is 25.6 Å². The lowest BCUT2D eigenvalue weighted by molar-refractivity contribution is -0.384. The number of hydrogen-bond acceptors (Lipinski definition) is 4. The van der Waals surface area contributed by atoms with Gasteiger partial charge in [-0.05, 0) is 25.0 Å². The number of anilines is 1. The molecule has 0 atom stereocenters. The molecule has 2 rings (SSSR count). The Balaban J connectivity index is 1.92. The van der Waals surface area contributed by atoms with Crippen molar-refractivity contribution in [3.8, 4) is 0 Å². The molecule has 1 heterocycles. The van der Waals surface area contributed by atoms with Crippen molar-refractivity contribution < 1.29 is 18.1 Å². The van der Waals surface area contributed by atoms with Crippen LogP contribution in [0.5, 0.6) is 0 Å². The highest BCUT2D eigenvalue weighted by atomic mass is 19.4. The Morgan fingerprint density at radius 1 is 1.30 bits per heavy atom. The van der Waals surface area contributed by atoms with Crippen molar-refractivity contribution in [2.75, 3.05) is 11.9 Å². The molecule has 124 valence electrons. The number of aryl methyl sites for hydroxylation is 1. The summed E-state index contributed by atoms with van der Waals surface area (Å²) in [5, 5.41) is 13.8. The van der Waals surface area contributed by atoms with Crippen molar-refractivity contribution in [3.05, 3.63) is 52.6 Å². The highest BCUT2D eigenvalue weighted by molar-refractivity contribution is 5.62. The van der Waals surface area contributed by atoms with E-state index < -0.39 is 22.4 Å². The number of unbranched alkanes of at least 4 members (excludes halogenated alkanes) is 1. The molecule has 0 bridgehead atoms. The molecule has 0 fully saturated rings. The van der Waals surface area contributed by atoms with Crippen molar-refractivity contribution in [3.63, 3.8) is 0 Å². The Bertz CT molecular complexity index is 657. The quantitative estimate of drug-likeness (QED) is 0.478. The molecule has 1 aromatic heterocycles. The van der Waals surface area contributed by atoms with E-state index in [2.05, 4.69) is 10.3 Å². The fourth-order valence-electron chi connectivity index (χ4n) is 2.07. The Kier molecular flexibility index (Phi) is 5.20. The van der Waals surface area contributed by atoms with Crippen LogP contribution in [0.15, 0.2) is 36.9 Å². The fourth-order valence-corrected chi connectivity index (χ4v) is 2.07. The van der Waals surface area contributed by atoms with Gasteiger partial charge in [0.1, 0.15) is 5.69 Å². The predicted molar refractivity (Wildman–Crippen MR) is 78.0 cm³/mol. The molecule has 0 saturated heterocycles. The number of hydrogen-bond donors (Lipinski definition) is 1. The van der Waals surface area contributed by atoms with Gasteiger partial charge in [0.2, 0.25) is 0 Å². The number of alkyl halides is 3. The molecule has 0 saturated carbocycles. The molecular formula is C14H15F3N4O2. The van der Waals surface area contributed by atoms with Gasteiger partial charge in [-0.2, -0.15) is 13.2 Å². The molecule has 0 aliphatic heterocycles. The number of aromatic nitrogens is 2. The molecule has 0 unspecified atom stereocenters. The van der Waals surface area contributed by atoms with Crippen LogP contribution in [0.4, 0.5) is 24.5 Å². The zero-order valence-electron chi connectivity index (χ0n) is 12.1. The summed E-state index contributed by atoms with van der Waals surface area (Å²) in [7, 11) is 0. The summed E-state index contributed by atoms with van der Waals surface area (Å²) in [6.45, 7) is 1.19. The Labute approximate surface area is 130 Å². The zero-order chi connectivity index (χ0) is 16.9. The molecule has 0 spiro atoms. The molecule has 1 N–H and O–H groups in total. The van der Waals surface area contributed by atoms with Crippen LogP contribution < -0.4 is 5.32 Å². The summed E-state index contributed by atoms with van der Waals surface area (Å²) >= 11 is 0. The van der Waals surface area contributed by atoms with Crippen LogP contribution in [-0.4, -0.2) is 21.0 Å². The monoisotopic (exact) mass is 328 g/mol. The number of nitro benzene ring substituents is 1. The van der Waals surface area contributed by atoms with Crippen molar-refractivity contribution in [2.24, 2.45) is 0 Å². The maximum Gasteiger partial charge on any atom is 0.416 e. The standard InChI is InChI=1S/C14H15F3N4O2/c15-14(16,17)11-3-4-12(13(9-11)21(22)23)19-5-1-2-7-20-8-6-18-10-20/h3-4,6,8-10,19H,1-2,5,7H2. The number of rotatable bonds is 7. The maximum atomic E-state index is 12.6. The minimum Gasteiger partial charge on any atom is -0.379 e. The van der Waals surface area contributed by atoms with E-state index in [-0.39, 0.29) is 5.69 Å². The Hall–Kier alpha value is -2.58. The van der Waals surface area contributed by atoms with Gasteiger partial charge in [0.15, 0.2) is 0 Å². The van der Waals surface area contributed by atoms with E-state index in [1.807, 2.05) is 10.8 Å². The van der Waals surface area contributed by atoms with Crippen molar-refractivity contribution >= 4 is 11.4 Å². The Morgan fingerprint density at radius 3 is 2.70 bits per heavy atom. The third-order valence-electron chi connectivity index (χ3n) is 3.24. The number of nitrogens with one attached hydrogen (secondary N) is 1. The maximum absolute atomic E-state index is 12.6. The van der Waals surface area contributed by atoms with E-state index in [4.69, 9.17) is 0 Å². The average molecular weight is 328 g/mol. The van der Waals surface area contributed by atoms with Gasteiger partial charge in [0.25, 0.3) is 5.69 Å². The number of halogens is 3. The molecule has 2 aromatic rings. The topological polar surface area (TPSA) is 73.0 Å². The molecule has 1 aromatic carbocycles. The lowest BCUT2D eigenvalue weighted by Gasteiger charge is -2.10. The van der Waals surface area contributed by atoms with Crippen LogP contribution in [0.2, 0.25) is 0 Å². The van der Waals surface area contributed by atoms with Gasteiger partial charge in [-0.15, -0.1) is 0 Å². The molecule has 0 amide bonds. The van der Waals surface area contributed by atoms with Crippen LogP contribution in [0.25, 0.3) is 0 Å². The van der Waals surface area contributed by atoms with Gasteiger partial charge >= 0.3 is 6.18 Å². The minimum atomic E-state index is -4.60. The van der Waals surface area contributed by atoms with Crippen LogP contribution in [0, 0.1) is 10.1 Å². The van der Waals surface area contributed by atoms with E-state index in [1.165, 1.54) is 0 Å². The van der Waals surface area contributed by atoms with Gasteiger partial charge in [0, 0.05) is 31.5 Å². The fraction of sp³-hybridized carbons (Fsp3) is 0.357. The number of nitrogens with zero attached hydrogens (tertiary/aromatic N) is 3. The molecule has 9 heteroatoms. The zero-order valence-corrected chi connectivity index (χ0v) is 12.1. The summed E-state index contributed by atoms with van der Waals surface area (Å²) in [6.07, 6.45) is 2.12. The highest BCUT2D eigenvalue weighted by Gasteiger charge is 2.32. The summed E-state index contributed by atoms with van der Waals surface area (Å²) in [5.41, 5.74) is -1.52. The van der Waals surface area contributed by atoms with E-state index in [0.29, 0.717) is 12.6 Å². The van der Waals surface area contributed by atoms with Crippen molar-refractivity contribution in [1.29, 1.82) is 0 Å². The van der Waals surface area contributed by atoms with Crippen LogP contribution in [-0.2, 0) is 12.7 Å². The van der Waals surface area contributed by atoms with Gasteiger partial charge in [-0.25, -0.2) is 4.98 Å². The van der Waals surface area contributed by atoms with E-state index in [1.54, 1.807) is 12.5 Å². The van der Waals surface area contributed by atoms with Crippen molar-refractivity contribution in [1.82, 2.24) is 9.55 Å². The number of benzene rings is 1. The van der Waals surface area contributed by atoms with Gasteiger partial charge in [-0.3, -0.25) is 10.1 Å². The average Bonchev–Trinajstić information content (AvgIpc) is 2.99. The molecule has 0 aliphatic rings. The van der Waals surface area contributed by atoms with E-state index >= 15 is 0 Å². The summed E-state index contributed by atoms with van der Waals surface area (Å²) in [6, 6.07) is 2.48. The highest BCUT2D eigenvalue weighted by Crippen LogP contribution is 2.34. The van der Waals surface area contributed by atoms with E-state index in [9.17, 15) is 23.3 Å².